The molecule has 0 aliphatic heterocycles. The molecule has 0 bridgehead atoms. The molecule has 1 aliphatic rings. The van der Waals surface area contributed by atoms with Gasteiger partial charge >= 0.3 is 5.97 Å². The Morgan fingerprint density at radius 2 is 2.36 bits per heavy atom. The Kier molecular flexibility index (Phi) is 2.41. The maximum Gasteiger partial charge on any atom is 0.310 e. The van der Waals surface area contributed by atoms with Crippen molar-refractivity contribution in [3.8, 4) is 0 Å². The number of rotatable bonds is 2. The quantitative estimate of drug-likeness (QED) is 0.561. The second-order valence-corrected chi connectivity index (χ2v) is 2.40. The van der Waals surface area contributed by atoms with Crippen molar-refractivity contribution in [3.05, 3.63) is 11.8 Å². The zero-order valence-electron chi connectivity index (χ0n) is 6.42. The van der Waals surface area contributed by atoms with Gasteiger partial charge in [0.25, 0.3) is 0 Å². The van der Waals surface area contributed by atoms with Crippen molar-refractivity contribution in [2.24, 2.45) is 0 Å². The van der Waals surface area contributed by atoms with E-state index in [0.717, 1.165) is 0 Å². The van der Waals surface area contributed by atoms with Crippen LogP contribution in [0.4, 0.5) is 0 Å². The molecule has 0 aromatic rings. The van der Waals surface area contributed by atoms with Gasteiger partial charge in [-0.25, -0.2) is 0 Å². The van der Waals surface area contributed by atoms with Gasteiger partial charge in [-0.15, -0.1) is 0 Å². The molecule has 1 aliphatic carbocycles. The van der Waals surface area contributed by atoms with Gasteiger partial charge in [0.2, 0.25) is 0 Å². The topological polar surface area (TPSA) is 43.4 Å². The highest BCUT2D eigenvalue weighted by Crippen LogP contribution is 2.16. The van der Waals surface area contributed by atoms with Crippen LogP contribution in [-0.4, -0.2) is 11.8 Å². The van der Waals surface area contributed by atoms with E-state index in [1.807, 2.05) is 0 Å². The van der Waals surface area contributed by atoms with Gasteiger partial charge in [0.15, 0.2) is 5.78 Å². The van der Waals surface area contributed by atoms with E-state index in [-0.39, 0.29) is 11.8 Å². The molecule has 0 aromatic carbocycles. The summed E-state index contributed by atoms with van der Waals surface area (Å²) in [5, 5.41) is 0. The summed E-state index contributed by atoms with van der Waals surface area (Å²) < 4.78 is 4.83. The van der Waals surface area contributed by atoms with Crippen molar-refractivity contribution in [2.75, 3.05) is 0 Å². The first kappa shape index (κ1) is 7.98. The predicted octanol–water partition coefficient (Wildman–Crippen LogP) is 1.19. The third kappa shape index (κ3) is 2.18. The van der Waals surface area contributed by atoms with Crippen molar-refractivity contribution in [1.29, 1.82) is 0 Å². The average Bonchev–Trinajstić information content (AvgIpc) is 2.35. The third-order valence-electron chi connectivity index (χ3n) is 1.47. The Hall–Kier alpha value is -1.12. The van der Waals surface area contributed by atoms with Gasteiger partial charge in [0.05, 0.1) is 0 Å². The van der Waals surface area contributed by atoms with Crippen LogP contribution in [0.2, 0.25) is 0 Å². The number of ether oxygens (including phenoxy) is 1. The summed E-state index contributed by atoms with van der Waals surface area (Å²) in [6.07, 6.45) is 2.80. The van der Waals surface area contributed by atoms with Crippen LogP contribution in [0, 0.1) is 0 Å². The first-order valence-electron chi connectivity index (χ1n) is 3.66. The molecule has 0 saturated carbocycles. The molecule has 11 heavy (non-hydrogen) atoms. The lowest BCUT2D eigenvalue weighted by Gasteiger charge is -2.00. The number of carbonyl (C=O) groups is 2. The molecule has 1 rings (SSSR count). The third-order valence-corrected chi connectivity index (χ3v) is 1.47. The van der Waals surface area contributed by atoms with Gasteiger partial charge < -0.3 is 4.74 Å². The molecule has 0 N–H and O–H groups in total. The second kappa shape index (κ2) is 3.32. The Labute approximate surface area is 65.0 Å². The monoisotopic (exact) mass is 154 g/mol. The Morgan fingerprint density at radius 1 is 1.64 bits per heavy atom. The summed E-state index contributed by atoms with van der Waals surface area (Å²) in [6, 6.07) is 0. The number of allylic oxidation sites excluding steroid dienone is 2. The normalized spacial score (nSPS) is 16.5. The first-order chi connectivity index (χ1) is 5.22. The predicted molar refractivity (Wildman–Crippen MR) is 38.7 cm³/mol. The summed E-state index contributed by atoms with van der Waals surface area (Å²) >= 11 is 0. The minimum absolute atomic E-state index is 0.0453. The van der Waals surface area contributed by atoms with Crippen molar-refractivity contribution in [2.45, 2.75) is 26.2 Å². The SMILES string of the molecule is CCC(=O)OC1=CC(=O)CC1. The molecule has 0 heterocycles. The standard InChI is InChI=1S/C8H10O3/c1-2-8(10)11-7-4-3-6(9)5-7/h5H,2-4H2,1H3. The van der Waals surface area contributed by atoms with Crippen molar-refractivity contribution in [1.82, 2.24) is 0 Å². The Morgan fingerprint density at radius 3 is 2.82 bits per heavy atom. The molecule has 60 valence electrons. The minimum atomic E-state index is -0.272. The molecule has 0 aromatic heterocycles. The van der Waals surface area contributed by atoms with E-state index >= 15 is 0 Å². The first-order valence-corrected chi connectivity index (χ1v) is 3.66. The van der Waals surface area contributed by atoms with E-state index in [1.54, 1.807) is 6.92 Å². The van der Waals surface area contributed by atoms with E-state index in [0.29, 0.717) is 25.0 Å². The number of hydrogen-bond acceptors (Lipinski definition) is 3. The molecule has 3 heteroatoms. The Bertz CT molecular complexity index is 215. The van der Waals surface area contributed by atoms with E-state index in [2.05, 4.69) is 0 Å². The summed E-state index contributed by atoms with van der Waals surface area (Å²) in [7, 11) is 0. The van der Waals surface area contributed by atoms with E-state index in [1.165, 1.54) is 6.08 Å². The average molecular weight is 154 g/mol. The Balaban J connectivity index is 2.44. The van der Waals surface area contributed by atoms with Gasteiger partial charge in [-0.3, -0.25) is 9.59 Å². The summed E-state index contributed by atoms with van der Waals surface area (Å²) in [5.74, 6) is 0.289. The molecule has 3 nitrogen and oxygen atoms in total. The maximum absolute atomic E-state index is 10.7. The fraction of sp³-hybridized carbons (Fsp3) is 0.500. The van der Waals surface area contributed by atoms with Gasteiger partial charge in [-0.05, 0) is 0 Å². The molecular weight excluding hydrogens is 144 g/mol. The van der Waals surface area contributed by atoms with Crippen LogP contribution in [0.5, 0.6) is 0 Å². The lowest BCUT2D eigenvalue weighted by atomic mass is 10.3. The van der Waals surface area contributed by atoms with Crippen molar-refractivity contribution >= 4 is 11.8 Å². The van der Waals surface area contributed by atoms with Gasteiger partial charge in [0.1, 0.15) is 5.76 Å². The number of carbonyl (C=O) groups excluding carboxylic acids is 2. The van der Waals surface area contributed by atoms with Crippen LogP contribution in [0.3, 0.4) is 0 Å². The van der Waals surface area contributed by atoms with E-state index < -0.39 is 0 Å². The molecule has 0 saturated heterocycles. The van der Waals surface area contributed by atoms with Crippen LogP contribution in [0.15, 0.2) is 11.8 Å². The molecule has 0 fully saturated rings. The van der Waals surface area contributed by atoms with Crippen LogP contribution in [-0.2, 0) is 14.3 Å². The van der Waals surface area contributed by atoms with E-state index in [9.17, 15) is 9.59 Å². The molecule has 0 spiro atoms. The molecule has 0 atom stereocenters. The van der Waals surface area contributed by atoms with Crippen LogP contribution >= 0.6 is 0 Å². The van der Waals surface area contributed by atoms with Gasteiger partial charge in [-0.2, -0.15) is 0 Å². The van der Waals surface area contributed by atoms with Crippen LogP contribution < -0.4 is 0 Å². The van der Waals surface area contributed by atoms with Gasteiger partial charge in [0, 0.05) is 25.3 Å². The lowest BCUT2D eigenvalue weighted by molar-refractivity contribution is -0.139. The molecular formula is C8H10O3. The molecule has 0 radical (unpaired) electrons. The molecule has 0 amide bonds. The highest BCUT2D eigenvalue weighted by molar-refractivity contribution is 5.93. The van der Waals surface area contributed by atoms with Crippen LogP contribution in [0.1, 0.15) is 26.2 Å². The van der Waals surface area contributed by atoms with Crippen LogP contribution in [0.25, 0.3) is 0 Å². The van der Waals surface area contributed by atoms with Crippen molar-refractivity contribution in [3.63, 3.8) is 0 Å². The summed E-state index contributed by atoms with van der Waals surface area (Å²) in [6.45, 7) is 1.72. The lowest BCUT2D eigenvalue weighted by Crippen LogP contribution is -2.00. The maximum atomic E-state index is 10.7. The number of ketones is 1. The number of esters is 1. The van der Waals surface area contributed by atoms with E-state index in [4.69, 9.17) is 4.74 Å². The highest BCUT2D eigenvalue weighted by atomic mass is 16.5. The zero-order valence-corrected chi connectivity index (χ0v) is 6.42. The smallest absolute Gasteiger partial charge is 0.310 e. The van der Waals surface area contributed by atoms with Gasteiger partial charge in [-0.1, -0.05) is 6.92 Å². The minimum Gasteiger partial charge on any atom is -0.431 e. The molecule has 0 unspecified atom stereocenters. The zero-order chi connectivity index (χ0) is 8.27. The summed E-state index contributed by atoms with van der Waals surface area (Å²) in [4.78, 5) is 21.4. The van der Waals surface area contributed by atoms with Crippen molar-refractivity contribution < 1.29 is 14.3 Å². The largest absolute Gasteiger partial charge is 0.431 e. The second-order valence-electron chi connectivity index (χ2n) is 2.40. The fourth-order valence-corrected chi connectivity index (χ4v) is 0.869. The summed E-state index contributed by atoms with van der Waals surface area (Å²) in [5.41, 5.74) is 0. The fourth-order valence-electron chi connectivity index (χ4n) is 0.869. The highest BCUT2D eigenvalue weighted by Gasteiger charge is 2.14. The number of hydrogen-bond donors (Lipinski definition) is 0.